The number of esters is 1. The molecular formula is C19H18N2O3S. The van der Waals surface area contributed by atoms with Gasteiger partial charge in [-0.25, -0.2) is 4.99 Å². The second-order valence-corrected chi connectivity index (χ2v) is 6.39. The van der Waals surface area contributed by atoms with Crippen molar-refractivity contribution in [2.45, 2.75) is 6.92 Å². The lowest BCUT2D eigenvalue weighted by Gasteiger charge is -2.10. The third-order valence-corrected chi connectivity index (χ3v) is 4.77. The summed E-state index contributed by atoms with van der Waals surface area (Å²) in [4.78, 5) is 29.8. The van der Waals surface area contributed by atoms with E-state index < -0.39 is 0 Å². The Morgan fingerprint density at radius 3 is 2.80 bits per heavy atom. The summed E-state index contributed by atoms with van der Waals surface area (Å²) in [7, 11) is 1.66. The van der Waals surface area contributed by atoms with Gasteiger partial charge >= 0.3 is 5.97 Å². The van der Waals surface area contributed by atoms with Crippen molar-refractivity contribution < 1.29 is 14.3 Å². The van der Waals surface area contributed by atoms with Crippen LogP contribution in [0.25, 0.3) is 16.8 Å². The third kappa shape index (κ3) is 3.74. The molecule has 128 valence electrons. The Labute approximate surface area is 150 Å². The zero-order valence-corrected chi connectivity index (χ0v) is 14.9. The van der Waals surface area contributed by atoms with E-state index in [1.807, 2.05) is 42.5 Å². The lowest BCUT2D eigenvalue weighted by molar-refractivity contribution is -0.139. The van der Waals surface area contributed by atoms with Gasteiger partial charge in [0, 0.05) is 7.05 Å². The molecule has 1 heterocycles. The monoisotopic (exact) mass is 354 g/mol. The number of aliphatic imine (C=N–C) groups is 1. The fourth-order valence-corrected chi connectivity index (χ4v) is 3.33. The van der Waals surface area contributed by atoms with Gasteiger partial charge in [0.1, 0.15) is 5.70 Å². The van der Waals surface area contributed by atoms with Crippen LogP contribution in [0.4, 0.5) is 0 Å². The molecule has 0 saturated carbocycles. The highest BCUT2D eigenvalue weighted by Gasteiger charge is 2.27. The van der Waals surface area contributed by atoms with Crippen LogP contribution in [-0.2, 0) is 14.3 Å². The predicted molar refractivity (Wildman–Crippen MR) is 101 cm³/mol. The third-order valence-electron chi connectivity index (χ3n) is 3.77. The molecule has 1 amide bonds. The molecule has 0 saturated heterocycles. The molecule has 0 spiro atoms. The number of hydrogen-bond acceptors (Lipinski definition) is 5. The summed E-state index contributed by atoms with van der Waals surface area (Å²) in [6.45, 7) is 2.10. The minimum Gasteiger partial charge on any atom is -0.465 e. The summed E-state index contributed by atoms with van der Waals surface area (Å²) in [5, 5.41) is 2.68. The number of amides is 1. The molecule has 0 atom stereocenters. The van der Waals surface area contributed by atoms with Crippen LogP contribution in [0.1, 0.15) is 12.5 Å². The van der Waals surface area contributed by atoms with E-state index in [4.69, 9.17) is 4.74 Å². The molecule has 2 aromatic carbocycles. The zero-order valence-electron chi connectivity index (χ0n) is 14.1. The molecule has 0 N–H and O–H groups in total. The Kier molecular flexibility index (Phi) is 5.19. The molecule has 0 radical (unpaired) electrons. The van der Waals surface area contributed by atoms with Crippen LogP contribution in [-0.4, -0.2) is 41.4 Å². The Balaban J connectivity index is 1.87. The van der Waals surface area contributed by atoms with Gasteiger partial charge in [-0.15, -0.1) is 0 Å². The average Bonchev–Trinajstić information content (AvgIpc) is 2.88. The van der Waals surface area contributed by atoms with E-state index >= 15 is 0 Å². The molecule has 25 heavy (non-hydrogen) atoms. The van der Waals surface area contributed by atoms with Gasteiger partial charge in [-0.2, -0.15) is 0 Å². The second kappa shape index (κ2) is 7.53. The number of ether oxygens (including phenoxy) is 1. The summed E-state index contributed by atoms with van der Waals surface area (Å²) in [5.41, 5.74) is 1.31. The van der Waals surface area contributed by atoms with E-state index in [0.717, 1.165) is 16.3 Å². The van der Waals surface area contributed by atoms with Crippen molar-refractivity contribution >= 4 is 45.7 Å². The number of benzene rings is 2. The predicted octanol–water partition coefficient (Wildman–Crippen LogP) is 3.31. The van der Waals surface area contributed by atoms with Crippen molar-refractivity contribution in [3.05, 3.63) is 53.7 Å². The average molecular weight is 354 g/mol. The number of hydrogen-bond donors (Lipinski definition) is 0. The van der Waals surface area contributed by atoms with E-state index in [0.29, 0.717) is 17.5 Å². The van der Waals surface area contributed by atoms with Crippen LogP contribution in [0.15, 0.2) is 53.2 Å². The van der Waals surface area contributed by atoms with Crippen molar-refractivity contribution in [2.24, 2.45) is 4.99 Å². The summed E-state index contributed by atoms with van der Waals surface area (Å²) < 4.78 is 4.90. The number of likely N-dealkylation sites (N-methyl/N-ethyl adjacent to an activating group) is 1. The van der Waals surface area contributed by atoms with Crippen molar-refractivity contribution in [1.82, 2.24) is 4.90 Å². The molecule has 0 bridgehead atoms. The van der Waals surface area contributed by atoms with E-state index in [9.17, 15) is 9.59 Å². The lowest BCUT2D eigenvalue weighted by Crippen LogP contribution is -2.26. The fraction of sp³-hybridized carbons (Fsp3) is 0.211. The molecule has 0 unspecified atom stereocenters. The number of thioether (sulfide) groups is 1. The minimum atomic E-state index is -0.317. The van der Waals surface area contributed by atoms with Crippen LogP contribution in [0.3, 0.4) is 0 Å². The first-order chi connectivity index (χ1) is 12.1. The van der Waals surface area contributed by atoms with Crippen molar-refractivity contribution in [1.29, 1.82) is 0 Å². The molecule has 0 aromatic heterocycles. The minimum absolute atomic E-state index is 0.131. The number of carbonyl (C=O) groups is 2. The maximum atomic E-state index is 12.4. The number of amidine groups is 1. The van der Waals surface area contributed by atoms with Gasteiger partial charge in [0.05, 0.1) is 12.4 Å². The largest absolute Gasteiger partial charge is 0.465 e. The quantitative estimate of drug-likeness (QED) is 0.624. The zero-order chi connectivity index (χ0) is 17.8. The van der Waals surface area contributed by atoms with Gasteiger partial charge in [0.15, 0.2) is 5.17 Å². The summed E-state index contributed by atoms with van der Waals surface area (Å²) in [6.07, 6.45) is 1.79. The molecule has 6 heteroatoms. The molecule has 5 nitrogen and oxygen atoms in total. The van der Waals surface area contributed by atoms with E-state index in [1.165, 1.54) is 16.7 Å². The van der Waals surface area contributed by atoms with Gasteiger partial charge in [-0.3, -0.25) is 14.5 Å². The first kappa shape index (κ1) is 17.2. The highest BCUT2D eigenvalue weighted by Crippen LogP contribution is 2.26. The standard InChI is InChI=1S/C19H18N2O3S/c1-3-24-17(22)12-25-19-20-16(18(23)21(19)2)11-14-9-6-8-13-7-4-5-10-15(13)14/h4-11H,3,12H2,1-2H3/b16-11-. The van der Waals surface area contributed by atoms with Crippen LogP contribution in [0.5, 0.6) is 0 Å². The van der Waals surface area contributed by atoms with E-state index in [-0.39, 0.29) is 17.6 Å². The topological polar surface area (TPSA) is 59.0 Å². The Hall–Kier alpha value is -2.60. The van der Waals surface area contributed by atoms with Crippen LogP contribution in [0.2, 0.25) is 0 Å². The van der Waals surface area contributed by atoms with Crippen molar-refractivity contribution in [2.75, 3.05) is 19.4 Å². The van der Waals surface area contributed by atoms with Crippen LogP contribution < -0.4 is 0 Å². The highest BCUT2D eigenvalue weighted by atomic mass is 32.2. The van der Waals surface area contributed by atoms with E-state index in [2.05, 4.69) is 4.99 Å². The Morgan fingerprint density at radius 1 is 1.24 bits per heavy atom. The molecule has 2 aromatic rings. The van der Waals surface area contributed by atoms with Crippen molar-refractivity contribution in [3.63, 3.8) is 0 Å². The van der Waals surface area contributed by atoms with Crippen LogP contribution >= 0.6 is 11.8 Å². The van der Waals surface area contributed by atoms with E-state index in [1.54, 1.807) is 20.0 Å². The molecular weight excluding hydrogens is 336 g/mol. The molecule has 1 aliphatic heterocycles. The number of fused-ring (bicyclic) bond motifs is 1. The SMILES string of the molecule is CCOC(=O)CSC1=N/C(=C\c2cccc3ccccc23)C(=O)N1C. The highest BCUT2D eigenvalue weighted by molar-refractivity contribution is 8.14. The second-order valence-electron chi connectivity index (χ2n) is 5.45. The maximum Gasteiger partial charge on any atom is 0.316 e. The molecule has 0 fully saturated rings. The van der Waals surface area contributed by atoms with Gasteiger partial charge in [-0.1, -0.05) is 54.2 Å². The van der Waals surface area contributed by atoms with Gasteiger partial charge < -0.3 is 4.74 Å². The Morgan fingerprint density at radius 2 is 2.00 bits per heavy atom. The number of carbonyl (C=O) groups excluding carboxylic acids is 2. The summed E-state index contributed by atoms with van der Waals surface area (Å²) >= 11 is 1.20. The summed E-state index contributed by atoms with van der Waals surface area (Å²) in [6, 6.07) is 13.9. The number of rotatable bonds is 4. The first-order valence-corrected chi connectivity index (χ1v) is 8.93. The normalized spacial score (nSPS) is 15.8. The fourth-order valence-electron chi connectivity index (χ4n) is 2.56. The molecule has 3 rings (SSSR count). The van der Waals surface area contributed by atoms with Gasteiger partial charge in [0.25, 0.3) is 5.91 Å². The van der Waals surface area contributed by atoms with Gasteiger partial charge in [-0.05, 0) is 29.3 Å². The number of nitrogens with zero attached hydrogens (tertiary/aromatic N) is 2. The van der Waals surface area contributed by atoms with Crippen LogP contribution in [0, 0.1) is 0 Å². The molecule has 1 aliphatic rings. The first-order valence-electron chi connectivity index (χ1n) is 7.94. The maximum absolute atomic E-state index is 12.4. The smallest absolute Gasteiger partial charge is 0.316 e. The summed E-state index contributed by atoms with van der Waals surface area (Å²) in [5.74, 6) is -0.368. The van der Waals surface area contributed by atoms with Crippen molar-refractivity contribution in [3.8, 4) is 0 Å². The molecule has 0 aliphatic carbocycles. The lowest BCUT2D eigenvalue weighted by atomic mass is 10.0. The Bertz CT molecular complexity index is 884. The van der Waals surface area contributed by atoms with Gasteiger partial charge in [0.2, 0.25) is 0 Å².